The van der Waals surface area contributed by atoms with E-state index < -0.39 is 0 Å². The van der Waals surface area contributed by atoms with Gasteiger partial charge in [0.2, 0.25) is 0 Å². The third kappa shape index (κ3) is 3.14. The number of nitrogen functional groups attached to an aromatic ring is 1. The second-order valence-electron chi connectivity index (χ2n) is 5.81. The highest BCUT2D eigenvalue weighted by Gasteiger charge is 2.22. The SMILES string of the molecule is COC(c1ccccc1)c1nc(N)cc(C(C)(C)C)n1. The molecule has 20 heavy (non-hydrogen) atoms. The van der Waals surface area contributed by atoms with E-state index in [-0.39, 0.29) is 11.5 Å². The predicted molar refractivity (Wildman–Crippen MR) is 80.4 cm³/mol. The van der Waals surface area contributed by atoms with E-state index in [1.807, 2.05) is 36.4 Å². The van der Waals surface area contributed by atoms with Gasteiger partial charge in [-0.1, -0.05) is 51.1 Å². The standard InChI is InChI=1S/C16H21N3O/c1-16(2,3)12-10-13(17)19-15(18-12)14(20-4)11-8-6-5-7-9-11/h5-10,14H,1-4H3,(H2,17,18,19). The van der Waals surface area contributed by atoms with Crippen LogP contribution in [0.2, 0.25) is 0 Å². The van der Waals surface area contributed by atoms with Crippen LogP contribution in [0.4, 0.5) is 5.82 Å². The van der Waals surface area contributed by atoms with Crippen molar-refractivity contribution in [3.05, 3.63) is 53.5 Å². The van der Waals surface area contributed by atoms with Crippen molar-refractivity contribution in [2.45, 2.75) is 32.3 Å². The summed E-state index contributed by atoms with van der Waals surface area (Å²) >= 11 is 0. The maximum atomic E-state index is 5.92. The van der Waals surface area contributed by atoms with Gasteiger partial charge in [0.1, 0.15) is 11.9 Å². The molecule has 1 unspecified atom stereocenters. The topological polar surface area (TPSA) is 61.0 Å². The van der Waals surface area contributed by atoms with Crippen molar-refractivity contribution in [3.8, 4) is 0 Å². The average Bonchev–Trinajstić information content (AvgIpc) is 2.39. The van der Waals surface area contributed by atoms with E-state index in [9.17, 15) is 0 Å². The summed E-state index contributed by atoms with van der Waals surface area (Å²) in [7, 11) is 1.65. The van der Waals surface area contributed by atoms with Crippen LogP contribution in [-0.2, 0) is 10.2 Å². The fourth-order valence-corrected chi connectivity index (χ4v) is 2.01. The molecule has 0 aliphatic rings. The first kappa shape index (κ1) is 14.5. The third-order valence-electron chi connectivity index (χ3n) is 3.10. The Hall–Kier alpha value is -1.94. The summed E-state index contributed by atoms with van der Waals surface area (Å²) in [4.78, 5) is 8.97. The first-order valence-corrected chi connectivity index (χ1v) is 6.64. The summed E-state index contributed by atoms with van der Waals surface area (Å²) in [5.41, 5.74) is 7.77. The number of rotatable bonds is 3. The Morgan fingerprint density at radius 1 is 1.10 bits per heavy atom. The summed E-state index contributed by atoms with van der Waals surface area (Å²) in [5.74, 6) is 1.07. The van der Waals surface area contributed by atoms with E-state index in [1.54, 1.807) is 7.11 Å². The maximum Gasteiger partial charge on any atom is 0.164 e. The van der Waals surface area contributed by atoms with Crippen molar-refractivity contribution < 1.29 is 4.74 Å². The minimum Gasteiger partial charge on any atom is -0.384 e. The van der Waals surface area contributed by atoms with Crippen LogP contribution in [0.25, 0.3) is 0 Å². The molecule has 4 heteroatoms. The molecular formula is C16H21N3O. The lowest BCUT2D eigenvalue weighted by Crippen LogP contribution is -2.18. The number of ether oxygens (including phenoxy) is 1. The van der Waals surface area contributed by atoms with E-state index in [2.05, 4.69) is 30.7 Å². The Labute approximate surface area is 120 Å². The highest BCUT2D eigenvalue weighted by Crippen LogP contribution is 2.27. The van der Waals surface area contributed by atoms with E-state index in [0.29, 0.717) is 11.6 Å². The third-order valence-corrected chi connectivity index (χ3v) is 3.10. The summed E-state index contributed by atoms with van der Waals surface area (Å²) in [6.45, 7) is 6.30. The molecule has 0 aliphatic carbocycles. The van der Waals surface area contributed by atoms with Crippen molar-refractivity contribution in [2.75, 3.05) is 12.8 Å². The molecule has 0 spiro atoms. The largest absolute Gasteiger partial charge is 0.384 e. The van der Waals surface area contributed by atoms with Crippen LogP contribution in [0.5, 0.6) is 0 Å². The van der Waals surface area contributed by atoms with Gasteiger partial charge in [-0.3, -0.25) is 0 Å². The van der Waals surface area contributed by atoms with Crippen LogP contribution >= 0.6 is 0 Å². The number of nitrogens with zero attached hydrogens (tertiary/aromatic N) is 2. The highest BCUT2D eigenvalue weighted by atomic mass is 16.5. The van der Waals surface area contributed by atoms with Crippen LogP contribution < -0.4 is 5.73 Å². The number of aromatic nitrogens is 2. The first-order valence-electron chi connectivity index (χ1n) is 6.64. The molecule has 0 fully saturated rings. The molecule has 4 nitrogen and oxygen atoms in total. The van der Waals surface area contributed by atoms with Crippen LogP contribution in [-0.4, -0.2) is 17.1 Å². The van der Waals surface area contributed by atoms with Crippen molar-refractivity contribution in [2.24, 2.45) is 0 Å². The van der Waals surface area contributed by atoms with E-state index in [1.165, 1.54) is 0 Å². The second-order valence-corrected chi connectivity index (χ2v) is 5.81. The molecule has 0 saturated carbocycles. The molecule has 2 N–H and O–H groups in total. The quantitative estimate of drug-likeness (QED) is 0.931. The number of nitrogens with two attached hydrogens (primary N) is 1. The van der Waals surface area contributed by atoms with Crippen molar-refractivity contribution in [3.63, 3.8) is 0 Å². The molecular weight excluding hydrogens is 250 g/mol. The minimum atomic E-state index is -0.305. The number of benzene rings is 1. The van der Waals surface area contributed by atoms with Gasteiger partial charge in [-0.2, -0.15) is 0 Å². The molecule has 1 aromatic heterocycles. The Bertz CT molecular complexity index is 576. The van der Waals surface area contributed by atoms with Gasteiger partial charge in [0, 0.05) is 18.6 Å². The Balaban J connectivity index is 2.48. The summed E-state index contributed by atoms with van der Waals surface area (Å²) < 4.78 is 5.56. The number of anilines is 1. The van der Waals surface area contributed by atoms with Gasteiger partial charge in [-0.15, -0.1) is 0 Å². The molecule has 2 rings (SSSR count). The monoisotopic (exact) mass is 271 g/mol. The maximum absolute atomic E-state index is 5.92. The zero-order chi connectivity index (χ0) is 14.8. The lowest BCUT2D eigenvalue weighted by atomic mass is 9.91. The smallest absolute Gasteiger partial charge is 0.164 e. The normalized spacial score (nSPS) is 13.2. The molecule has 106 valence electrons. The minimum absolute atomic E-state index is 0.0826. The zero-order valence-electron chi connectivity index (χ0n) is 12.4. The molecule has 0 aliphatic heterocycles. The molecule has 1 atom stereocenters. The number of hydrogen-bond donors (Lipinski definition) is 1. The van der Waals surface area contributed by atoms with E-state index in [4.69, 9.17) is 10.5 Å². The molecule has 1 aromatic carbocycles. The van der Waals surface area contributed by atoms with Gasteiger partial charge in [-0.25, -0.2) is 9.97 Å². The Morgan fingerprint density at radius 3 is 2.30 bits per heavy atom. The Kier molecular flexibility index (Phi) is 4.04. The van der Waals surface area contributed by atoms with Gasteiger partial charge in [-0.05, 0) is 5.56 Å². The van der Waals surface area contributed by atoms with Gasteiger partial charge >= 0.3 is 0 Å². The molecule has 2 aromatic rings. The van der Waals surface area contributed by atoms with Crippen molar-refractivity contribution in [1.29, 1.82) is 0 Å². The van der Waals surface area contributed by atoms with Gasteiger partial charge in [0.15, 0.2) is 5.82 Å². The lowest BCUT2D eigenvalue weighted by Gasteiger charge is -2.21. The molecule has 0 bridgehead atoms. The second kappa shape index (κ2) is 5.59. The van der Waals surface area contributed by atoms with Crippen molar-refractivity contribution >= 4 is 5.82 Å². The first-order chi connectivity index (χ1) is 9.41. The zero-order valence-corrected chi connectivity index (χ0v) is 12.4. The van der Waals surface area contributed by atoms with Crippen LogP contribution in [0.1, 0.15) is 44.0 Å². The fraction of sp³-hybridized carbons (Fsp3) is 0.375. The fourth-order valence-electron chi connectivity index (χ4n) is 2.01. The van der Waals surface area contributed by atoms with E-state index >= 15 is 0 Å². The number of methoxy groups -OCH3 is 1. The van der Waals surface area contributed by atoms with Gasteiger partial charge in [0.05, 0.1) is 5.69 Å². The van der Waals surface area contributed by atoms with Gasteiger partial charge in [0.25, 0.3) is 0 Å². The molecule has 0 amide bonds. The summed E-state index contributed by atoms with van der Waals surface area (Å²) in [6.07, 6.45) is -0.305. The van der Waals surface area contributed by atoms with E-state index in [0.717, 1.165) is 11.3 Å². The highest BCUT2D eigenvalue weighted by molar-refractivity contribution is 5.35. The van der Waals surface area contributed by atoms with Crippen LogP contribution in [0.15, 0.2) is 36.4 Å². The number of hydrogen-bond acceptors (Lipinski definition) is 4. The van der Waals surface area contributed by atoms with Gasteiger partial charge < -0.3 is 10.5 Å². The van der Waals surface area contributed by atoms with Crippen LogP contribution in [0, 0.1) is 0 Å². The molecule has 0 radical (unpaired) electrons. The van der Waals surface area contributed by atoms with Crippen molar-refractivity contribution in [1.82, 2.24) is 9.97 Å². The Morgan fingerprint density at radius 2 is 1.75 bits per heavy atom. The van der Waals surface area contributed by atoms with Crippen LogP contribution in [0.3, 0.4) is 0 Å². The predicted octanol–water partition coefficient (Wildman–Crippen LogP) is 3.09. The summed E-state index contributed by atoms with van der Waals surface area (Å²) in [5, 5.41) is 0. The average molecular weight is 271 g/mol. The lowest BCUT2D eigenvalue weighted by molar-refractivity contribution is 0.128. The molecule has 1 heterocycles. The molecule has 0 saturated heterocycles. The summed E-state index contributed by atoms with van der Waals surface area (Å²) in [6, 6.07) is 11.7.